The number of fused-ring (bicyclic) bond motifs is 2. The number of sulfonamides is 1. The molecular formula is C22H29NO4S. The second-order valence-corrected chi connectivity index (χ2v) is 9.75. The van der Waals surface area contributed by atoms with Crippen molar-refractivity contribution >= 4 is 16.0 Å². The first-order valence-corrected chi connectivity index (χ1v) is 11.5. The molecule has 2 fully saturated rings. The number of allylic oxidation sites excluding steroid dienone is 4. The van der Waals surface area contributed by atoms with Gasteiger partial charge in [-0.1, -0.05) is 42.0 Å². The zero-order valence-electron chi connectivity index (χ0n) is 16.3. The third-order valence-electron chi connectivity index (χ3n) is 5.87. The molecule has 5 nitrogen and oxygen atoms in total. The minimum atomic E-state index is -3.48. The fraction of sp³-hybridized carbons (Fsp3) is 0.500. The van der Waals surface area contributed by atoms with Crippen molar-refractivity contribution in [2.45, 2.75) is 56.4 Å². The van der Waals surface area contributed by atoms with Crippen LogP contribution in [0.2, 0.25) is 0 Å². The Morgan fingerprint density at radius 1 is 1.18 bits per heavy atom. The average Bonchev–Trinajstić information content (AvgIpc) is 3.20. The maximum atomic E-state index is 12.7. The van der Waals surface area contributed by atoms with Crippen LogP contribution in [0.1, 0.15) is 44.1 Å². The van der Waals surface area contributed by atoms with Crippen LogP contribution in [0, 0.1) is 24.7 Å². The second kappa shape index (κ2) is 9.05. The van der Waals surface area contributed by atoms with Gasteiger partial charge in [-0.2, -0.15) is 0 Å². The van der Waals surface area contributed by atoms with Crippen LogP contribution in [0.5, 0.6) is 0 Å². The van der Waals surface area contributed by atoms with Crippen molar-refractivity contribution in [2.24, 2.45) is 17.8 Å². The number of benzene rings is 1. The SMILES string of the molecule is Cc1ccc(S(=O)(=O)NC2CC3CC(C=CC=CCCCC(=O)O)C2C3)cc1. The molecule has 2 N–H and O–H groups in total. The number of hydrogen-bond acceptors (Lipinski definition) is 3. The van der Waals surface area contributed by atoms with E-state index in [0.717, 1.165) is 31.2 Å². The van der Waals surface area contributed by atoms with Crippen LogP contribution >= 0.6 is 0 Å². The van der Waals surface area contributed by atoms with E-state index >= 15 is 0 Å². The van der Waals surface area contributed by atoms with Gasteiger partial charge in [-0.05, 0) is 68.9 Å². The van der Waals surface area contributed by atoms with E-state index in [2.05, 4.69) is 10.8 Å². The molecule has 6 heteroatoms. The van der Waals surface area contributed by atoms with E-state index in [-0.39, 0.29) is 12.5 Å². The number of nitrogens with one attached hydrogen (secondary N) is 1. The van der Waals surface area contributed by atoms with Crippen LogP contribution < -0.4 is 4.72 Å². The van der Waals surface area contributed by atoms with E-state index in [1.807, 2.05) is 37.3 Å². The summed E-state index contributed by atoms with van der Waals surface area (Å²) in [6.45, 7) is 1.94. The summed E-state index contributed by atoms with van der Waals surface area (Å²) in [4.78, 5) is 10.8. The molecule has 0 aliphatic heterocycles. The van der Waals surface area contributed by atoms with Crippen LogP contribution in [0.15, 0.2) is 53.5 Å². The van der Waals surface area contributed by atoms with Crippen molar-refractivity contribution in [3.05, 3.63) is 54.1 Å². The summed E-state index contributed by atoms with van der Waals surface area (Å²) >= 11 is 0. The van der Waals surface area contributed by atoms with Gasteiger partial charge in [0.15, 0.2) is 0 Å². The number of carboxylic acids is 1. The fourth-order valence-corrected chi connectivity index (χ4v) is 5.80. The van der Waals surface area contributed by atoms with E-state index in [1.54, 1.807) is 12.1 Å². The van der Waals surface area contributed by atoms with E-state index < -0.39 is 16.0 Å². The lowest BCUT2D eigenvalue weighted by molar-refractivity contribution is -0.137. The van der Waals surface area contributed by atoms with Crippen LogP contribution in [-0.4, -0.2) is 25.5 Å². The quantitative estimate of drug-likeness (QED) is 0.481. The van der Waals surface area contributed by atoms with Crippen LogP contribution in [-0.2, 0) is 14.8 Å². The predicted octanol–water partition coefficient (Wildman–Crippen LogP) is 4.06. The lowest BCUT2D eigenvalue weighted by Crippen LogP contribution is -2.40. The Bertz CT molecular complexity index is 842. The molecule has 28 heavy (non-hydrogen) atoms. The second-order valence-electron chi connectivity index (χ2n) is 8.04. The Morgan fingerprint density at radius 3 is 2.61 bits per heavy atom. The van der Waals surface area contributed by atoms with Crippen LogP contribution in [0.25, 0.3) is 0 Å². The normalized spacial score (nSPS) is 27.2. The van der Waals surface area contributed by atoms with Gasteiger partial charge in [-0.3, -0.25) is 4.79 Å². The Balaban J connectivity index is 1.54. The summed E-state index contributed by atoms with van der Waals surface area (Å²) < 4.78 is 28.4. The number of unbranched alkanes of at least 4 members (excludes halogenated alkanes) is 1. The first kappa shape index (κ1) is 20.8. The first-order valence-electron chi connectivity index (χ1n) is 9.99. The summed E-state index contributed by atoms with van der Waals surface area (Å²) in [6.07, 6.45) is 12.9. The van der Waals surface area contributed by atoms with Gasteiger partial charge >= 0.3 is 5.97 Å². The third-order valence-corrected chi connectivity index (χ3v) is 7.38. The number of hydrogen-bond donors (Lipinski definition) is 2. The standard InChI is InChI=1S/C22H29NO4S/c1-16-9-11-19(12-10-16)28(26,27)23-21-15-17-13-18(20(21)14-17)7-5-3-2-4-6-8-22(24)25/h2-3,5,7,9-12,17-18,20-21,23H,4,6,8,13-15H2,1H3,(H,24,25). The van der Waals surface area contributed by atoms with E-state index in [9.17, 15) is 13.2 Å². The largest absolute Gasteiger partial charge is 0.481 e. The number of aliphatic carboxylic acids is 1. The summed E-state index contributed by atoms with van der Waals surface area (Å²) in [7, 11) is -3.48. The molecule has 1 aromatic rings. The van der Waals surface area contributed by atoms with Crippen molar-refractivity contribution in [1.82, 2.24) is 4.72 Å². The highest BCUT2D eigenvalue weighted by atomic mass is 32.2. The highest BCUT2D eigenvalue weighted by Gasteiger charge is 2.46. The number of aryl methyl sites for hydroxylation is 1. The van der Waals surface area contributed by atoms with Gasteiger partial charge in [0.05, 0.1) is 4.90 Å². The van der Waals surface area contributed by atoms with Crippen LogP contribution in [0.4, 0.5) is 0 Å². The molecule has 0 saturated heterocycles. The smallest absolute Gasteiger partial charge is 0.303 e. The Morgan fingerprint density at radius 2 is 1.93 bits per heavy atom. The van der Waals surface area contributed by atoms with Gasteiger partial charge in [-0.15, -0.1) is 0 Å². The maximum absolute atomic E-state index is 12.7. The Hall–Kier alpha value is -1.92. The van der Waals surface area contributed by atoms with Crippen molar-refractivity contribution in [2.75, 3.05) is 0 Å². The van der Waals surface area contributed by atoms with Crippen molar-refractivity contribution in [1.29, 1.82) is 0 Å². The molecule has 2 aliphatic rings. The molecule has 4 unspecified atom stereocenters. The predicted molar refractivity (Wildman–Crippen MR) is 109 cm³/mol. The highest BCUT2D eigenvalue weighted by molar-refractivity contribution is 7.89. The molecule has 0 aromatic heterocycles. The zero-order chi connectivity index (χ0) is 20.1. The van der Waals surface area contributed by atoms with E-state index in [4.69, 9.17) is 5.11 Å². The van der Waals surface area contributed by atoms with Crippen molar-refractivity contribution in [3.8, 4) is 0 Å². The van der Waals surface area contributed by atoms with Crippen LogP contribution in [0.3, 0.4) is 0 Å². The van der Waals surface area contributed by atoms with Gasteiger partial charge in [0.2, 0.25) is 10.0 Å². The monoisotopic (exact) mass is 403 g/mol. The molecule has 0 heterocycles. The molecule has 2 saturated carbocycles. The number of carbonyl (C=O) groups is 1. The zero-order valence-corrected chi connectivity index (χ0v) is 17.1. The molecule has 152 valence electrons. The van der Waals surface area contributed by atoms with Crippen molar-refractivity contribution < 1.29 is 18.3 Å². The van der Waals surface area contributed by atoms with E-state index in [1.165, 1.54) is 0 Å². The highest BCUT2D eigenvalue weighted by Crippen LogP contribution is 2.49. The Kier molecular flexibility index (Phi) is 6.73. The molecule has 4 atom stereocenters. The topological polar surface area (TPSA) is 83.5 Å². The summed E-state index contributed by atoms with van der Waals surface area (Å²) in [6, 6.07) is 6.97. The minimum absolute atomic E-state index is 0.000695. The Labute approximate surface area is 167 Å². The molecule has 0 amide bonds. The summed E-state index contributed by atoms with van der Waals surface area (Å²) in [5.41, 5.74) is 1.04. The number of rotatable bonds is 9. The molecule has 2 aliphatic carbocycles. The van der Waals surface area contributed by atoms with Gasteiger partial charge in [0, 0.05) is 12.5 Å². The minimum Gasteiger partial charge on any atom is -0.481 e. The molecule has 1 aromatic carbocycles. The fourth-order valence-electron chi connectivity index (χ4n) is 4.50. The molecule has 2 bridgehead atoms. The van der Waals surface area contributed by atoms with Gasteiger partial charge in [-0.25, -0.2) is 13.1 Å². The summed E-state index contributed by atoms with van der Waals surface area (Å²) in [5, 5.41) is 8.62. The lowest BCUT2D eigenvalue weighted by atomic mass is 9.85. The van der Waals surface area contributed by atoms with Gasteiger partial charge < -0.3 is 5.11 Å². The van der Waals surface area contributed by atoms with E-state index in [0.29, 0.717) is 29.1 Å². The molecular weight excluding hydrogens is 374 g/mol. The van der Waals surface area contributed by atoms with Gasteiger partial charge in [0.1, 0.15) is 0 Å². The average molecular weight is 404 g/mol. The molecule has 3 rings (SSSR count). The molecule has 0 radical (unpaired) electrons. The molecule has 0 spiro atoms. The van der Waals surface area contributed by atoms with Crippen molar-refractivity contribution in [3.63, 3.8) is 0 Å². The third kappa shape index (κ3) is 5.32. The lowest BCUT2D eigenvalue weighted by Gasteiger charge is -2.28. The first-order chi connectivity index (χ1) is 13.3. The number of carboxylic acid groups (broad SMARTS) is 1. The van der Waals surface area contributed by atoms with Gasteiger partial charge in [0.25, 0.3) is 0 Å². The summed E-state index contributed by atoms with van der Waals surface area (Å²) in [5.74, 6) is 0.574. The maximum Gasteiger partial charge on any atom is 0.303 e.